The molecule has 0 saturated heterocycles. The summed E-state index contributed by atoms with van der Waals surface area (Å²) in [6, 6.07) is 17.7. The number of anilines is 2. The van der Waals surface area contributed by atoms with Gasteiger partial charge in [0.25, 0.3) is 0 Å². The number of carbonyl (C=O) groups is 1. The second-order valence-corrected chi connectivity index (χ2v) is 7.69. The van der Waals surface area contributed by atoms with Gasteiger partial charge in [-0.25, -0.2) is 10.4 Å². The third-order valence-corrected chi connectivity index (χ3v) is 5.10. The first-order chi connectivity index (χ1) is 14.0. The molecule has 1 aromatic heterocycles. The molecule has 1 heterocycles. The van der Waals surface area contributed by atoms with Crippen LogP contribution < -0.4 is 15.5 Å². The average molecular weight is 409 g/mol. The first-order valence-electron chi connectivity index (χ1n) is 9.31. The van der Waals surface area contributed by atoms with Crippen molar-refractivity contribution in [3.8, 4) is 17.0 Å². The van der Waals surface area contributed by atoms with Crippen molar-refractivity contribution in [3.63, 3.8) is 0 Å². The maximum absolute atomic E-state index is 12.1. The molecule has 0 aliphatic carbocycles. The van der Waals surface area contributed by atoms with Gasteiger partial charge >= 0.3 is 0 Å². The Morgan fingerprint density at radius 2 is 1.83 bits per heavy atom. The third kappa shape index (κ3) is 5.89. The summed E-state index contributed by atoms with van der Waals surface area (Å²) in [5.74, 6) is 0.679. The Morgan fingerprint density at radius 3 is 2.48 bits per heavy atom. The predicted molar refractivity (Wildman–Crippen MR) is 119 cm³/mol. The number of rotatable bonds is 8. The van der Waals surface area contributed by atoms with Crippen molar-refractivity contribution in [1.29, 1.82) is 0 Å². The number of nitrogens with one attached hydrogen (secondary N) is 2. The molecular formula is C22H24N4O2S. The zero-order chi connectivity index (χ0) is 20.6. The van der Waals surface area contributed by atoms with Gasteiger partial charge in [-0.1, -0.05) is 18.2 Å². The number of amides is 1. The lowest BCUT2D eigenvalue weighted by Crippen LogP contribution is -2.18. The number of carbonyl (C=O) groups excluding carboxylic acids is 1. The Morgan fingerprint density at radius 1 is 1.10 bits per heavy atom. The van der Waals surface area contributed by atoms with Gasteiger partial charge in [0.1, 0.15) is 5.75 Å². The molecule has 0 fully saturated rings. The fourth-order valence-electron chi connectivity index (χ4n) is 2.65. The van der Waals surface area contributed by atoms with E-state index in [0.717, 1.165) is 38.4 Å². The highest BCUT2D eigenvalue weighted by Crippen LogP contribution is 2.34. The molecular weight excluding hydrogens is 384 g/mol. The molecule has 3 rings (SSSR count). The fraction of sp³-hybridized carbons (Fsp3) is 0.227. The van der Waals surface area contributed by atoms with Gasteiger partial charge in [0, 0.05) is 28.3 Å². The molecule has 29 heavy (non-hydrogen) atoms. The van der Waals surface area contributed by atoms with E-state index in [1.54, 1.807) is 18.4 Å². The number of aryl methyl sites for hydroxylation is 1. The largest absolute Gasteiger partial charge is 0.497 e. The molecule has 7 heteroatoms. The number of benzene rings is 2. The second kappa shape index (κ2) is 9.84. The summed E-state index contributed by atoms with van der Waals surface area (Å²) in [5, 5.41) is 8.11. The minimum Gasteiger partial charge on any atom is -0.497 e. The summed E-state index contributed by atoms with van der Waals surface area (Å²) in [7, 11) is 1.64. The Kier molecular flexibility index (Phi) is 6.97. The molecule has 6 nitrogen and oxygen atoms in total. The highest BCUT2D eigenvalue weighted by molar-refractivity contribution is 7.16. The number of nitrogens with zero attached hydrogens (tertiary/aromatic N) is 2. The van der Waals surface area contributed by atoms with E-state index >= 15 is 0 Å². The van der Waals surface area contributed by atoms with Gasteiger partial charge in [-0.15, -0.1) is 11.3 Å². The van der Waals surface area contributed by atoms with Gasteiger partial charge < -0.3 is 10.1 Å². The molecule has 0 atom stereocenters. The molecule has 0 unspecified atom stereocenters. The van der Waals surface area contributed by atoms with Gasteiger partial charge in [-0.2, -0.15) is 5.10 Å². The van der Waals surface area contributed by atoms with Gasteiger partial charge in [0.05, 0.1) is 12.8 Å². The van der Waals surface area contributed by atoms with E-state index in [2.05, 4.69) is 15.8 Å². The van der Waals surface area contributed by atoms with Crippen LogP contribution in [0.2, 0.25) is 0 Å². The van der Waals surface area contributed by atoms with Crippen molar-refractivity contribution in [2.75, 3.05) is 12.4 Å². The summed E-state index contributed by atoms with van der Waals surface area (Å²) in [6.07, 6.45) is 0.923. The zero-order valence-corrected chi connectivity index (χ0v) is 17.5. The Labute approximate surface area is 174 Å². The van der Waals surface area contributed by atoms with Gasteiger partial charge in [0.2, 0.25) is 5.91 Å². The molecule has 0 aliphatic heterocycles. The molecule has 0 bridgehead atoms. The van der Waals surface area contributed by atoms with E-state index < -0.39 is 0 Å². The number of thiazole rings is 1. The summed E-state index contributed by atoms with van der Waals surface area (Å²) in [6.45, 7) is 3.68. The molecule has 0 aliphatic rings. The van der Waals surface area contributed by atoms with Crippen LogP contribution in [0.3, 0.4) is 0 Å². The van der Waals surface area contributed by atoms with Crippen molar-refractivity contribution in [2.45, 2.75) is 26.7 Å². The SMILES string of the molecule is COc1ccc(-c2nc(Nc3ccccc3)sc2CCC(=O)NN=C(C)C)cc1. The van der Waals surface area contributed by atoms with Crippen molar-refractivity contribution < 1.29 is 9.53 Å². The second-order valence-electron chi connectivity index (χ2n) is 6.60. The van der Waals surface area contributed by atoms with Gasteiger partial charge in [-0.05, 0) is 56.7 Å². The smallest absolute Gasteiger partial charge is 0.240 e. The standard InChI is InChI=1S/C22H24N4O2S/c1-15(2)25-26-20(27)14-13-19-21(16-9-11-18(28-3)12-10-16)24-22(29-19)23-17-7-5-4-6-8-17/h4-12H,13-14H2,1-3H3,(H,23,24)(H,26,27). The molecule has 2 N–H and O–H groups in total. The first-order valence-corrected chi connectivity index (χ1v) is 10.1. The molecule has 1 amide bonds. The third-order valence-electron chi connectivity index (χ3n) is 4.07. The summed E-state index contributed by atoms with van der Waals surface area (Å²) in [5.41, 5.74) is 6.22. The highest BCUT2D eigenvalue weighted by atomic mass is 32.1. The molecule has 2 aromatic carbocycles. The Bertz CT molecular complexity index is 978. The van der Waals surface area contributed by atoms with E-state index in [1.165, 1.54) is 0 Å². The zero-order valence-electron chi connectivity index (χ0n) is 16.7. The molecule has 0 radical (unpaired) electrons. The van der Waals surface area contributed by atoms with Crippen LogP contribution >= 0.6 is 11.3 Å². The molecule has 0 spiro atoms. The van der Waals surface area contributed by atoms with E-state index in [0.29, 0.717) is 12.8 Å². The van der Waals surface area contributed by atoms with E-state index in [9.17, 15) is 4.79 Å². The van der Waals surface area contributed by atoms with E-state index in [-0.39, 0.29) is 5.91 Å². The number of ether oxygens (including phenoxy) is 1. The minimum atomic E-state index is -0.113. The van der Waals surface area contributed by atoms with Crippen LogP contribution in [-0.4, -0.2) is 23.7 Å². The summed E-state index contributed by atoms with van der Waals surface area (Å²) < 4.78 is 5.25. The molecule has 150 valence electrons. The highest BCUT2D eigenvalue weighted by Gasteiger charge is 2.15. The quantitative estimate of drug-likeness (QED) is 0.406. The predicted octanol–water partition coefficient (Wildman–Crippen LogP) is 5.01. The number of aromatic nitrogens is 1. The lowest BCUT2D eigenvalue weighted by molar-refractivity contribution is -0.121. The van der Waals surface area contributed by atoms with Crippen LogP contribution in [0.1, 0.15) is 25.1 Å². The van der Waals surface area contributed by atoms with E-state index in [4.69, 9.17) is 9.72 Å². The first kappa shape index (κ1) is 20.5. The minimum absolute atomic E-state index is 0.113. The number of hydrazone groups is 1. The maximum atomic E-state index is 12.1. The van der Waals surface area contributed by atoms with Crippen LogP contribution in [0.15, 0.2) is 59.7 Å². The topological polar surface area (TPSA) is 75.6 Å². The number of para-hydroxylation sites is 1. The average Bonchev–Trinajstić information content (AvgIpc) is 3.14. The monoisotopic (exact) mass is 408 g/mol. The van der Waals surface area contributed by atoms with Crippen LogP contribution in [-0.2, 0) is 11.2 Å². The normalized spacial score (nSPS) is 10.3. The van der Waals surface area contributed by atoms with Crippen LogP contribution in [0, 0.1) is 0 Å². The number of hydrogen-bond acceptors (Lipinski definition) is 6. The van der Waals surface area contributed by atoms with Gasteiger partial charge in [0.15, 0.2) is 5.13 Å². The number of methoxy groups -OCH3 is 1. The van der Waals surface area contributed by atoms with Crippen LogP contribution in [0.4, 0.5) is 10.8 Å². The Hall–Kier alpha value is -3.19. The van der Waals surface area contributed by atoms with Crippen molar-refractivity contribution >= 4 is 33.8 Å². The summed E-state index contributed by atoms with van der Waals surface area (Å²) >= 11 is 1.56. The lowest BCUT2D eigenvalue weighted by atomic mass is 10.1. The lowest BCUT2D eigenvalue weighted by Gasteiger charge is -2.04. The fourth-order valence-corrected chi connectivity index (χ4v) is 3.65. The maximum Gasteiger partial charge on any atom is 0.240 e. The van der Waals surface area contributed by atoms with Gasteiger partial charge in [-0.3, -0.25) is 4.79 Å². The van der Waals surface area contributed by atoms with Crippen LogP contribution in [0.25, 0.3) is 11.3 Å². The summed E-state index contributed by atoms with van der Waals surface area (Å²) in [4.78, 5) is 17.9. The van der Waals surface area contributed by atoms with Crippen LogP contribution in [0.5, 0.6) is 5.75 Å². The number of hydrogen-bond donors (Lipinski definition) is 2. The van der Waals surface area contributed by atoms with Crippen molar-refractivity contribution in [2.24, 2.45) is 5.10 Å². The van der Waals surface area contributed by atoms with Crippen molar-refractivity contribution in [1.82, 2.24) is 10.4 Å². The Balaban J connectivity index is 1.83. The molecule has 0 saturated carbocycles. The van der Waals surface area contributed by atoms with Crippen molar-refractivity contribution in [3.05, 3.63) is 59.5 Å². The van der Waals surface area contributed by atoms with E-state index in [1.807, 2.05) is 68.4 Å². The molecule has 3 aromatic rings.